The highest BCUT2D eigenvalue weighted by Gasteiger charge is 2.56. The van der Waals surface area contributed by atoms with Gasteiger partial charge in [0.25, 0.3) is 0 Å². The number of nitrogens with two attached hydrogens (primary N) is 1. The van der Waals surface area contributed by atoms with Crippen molar-refractivity contribution in [3.63, 3.8) is 0 Å². The summed E-state index contributed by atoms with van der Waals surface area (Å²) in [5, 5.41) is 9.25. The first kappa shape index (κ1) is 14.6. The van der Waals surface area contributed by atoms with Gasteiger partial charge in [0.1, 0.15) is 17.4 Å². The van der Waals surface area contributed by atoms with Gasteiger partial charge in [0.2, 0.25) is 5.91 Å². The van der Waals surface area contributed by atoms with Crippen LogP contribution in [0, 0.1) is 5.92 Å². The molecule has 2 aliphatic rings. The number of aliphatic carboxylic acids is 1. The minimum absolute atomic E-state index is 0.0132. The number of rotatable bonds is 6. The average Bonchev–Trinajstić information content (AvgIpc) is 2.69. The summed E-state index contributed by atoms with van der Waals surface area (Å²) in [4.78, 5) is 40.3. The highest BCUT2D eigenvalue weighted by atomic mass is 32.2. The average molecular weight is 297 g/mol. The summed E-state index contributed by atoms with van der Waals surface area (Å²) in [6.07, 6.45) is 1.62. The van der Waals surface area contributed by atoms with Gasteiger partial charge in [-0.05, 0) is 6.92 Å². The molecule has 0 bridgehead atoms. The minimum atomic E-state index is -1.13. The Morgan fingerprint density at radius 1 is 1.60 bits per heavy atom. The van der Waals surface area contributed by atoms with Crippen LogP contribution in [0.15, 0.2) is 15.6 Å². The number of ketones is 1. The molecule has 108 valence electrons. The fourth-order valence-electron chi connectivity index (χ4n) is 2.54. The van der Waals surface area contributed by atoms with Crippen LogP contribution in [-0.4, -0.2) is 52.3 Å². The number of β-lactam (4-membered cyclic amide) rings is 1. The number of aliphatic imine (C=N–C) groups is 1. The molecule has 2 aliphatic heterocycles. The summed E-state index contributed by atoms with van der Waals surface area (Å²) < 4.78 is 0. The Kier molecular flexibility index (Phi) is 4.12. The maximum absolute atomic E-state index is 11.9. The van der Waals surface area contributed by atoms with Crippen LogP contribution in [0.3, 0.4) is 0 Å². The van der Waals surface area contributed by atoms with Crippen molar-refractivity contribution in [2.75, 3.05) is 12.3 Å². The number of Topliss-reactive ketones (excluding diaryl/α,β-unsaturated/α-hetero) is 1. The van der Waals surface area contributed by atoms with Crippen molar-refractivity contribution < 1.29 is 19.5 Å². The van der Waals surface area contributed by atoms with E-state index in [2.05, 4.69) is 4.99 Å². The zero-order chi connectivity index (χ0) is 14.9. The summed E-state index contributed by atoms with van der Waals surface area (Å²) >= 11 is 1.35. The van der Waals surface area contributed by atoms with Crippen molar-refractivity contribution in [1.29, 1.82) is 0 Å². The molecule has 0 saturated carbocycles. The fraction of sp³-hybridized carbons (Fsp3) is 0.500. The number of hydrogen-bond acceptors (Lipinski definition) is 5. The van der Waals surface area contributed by atoms with Crippen LogP contribution in [0.1, 0.15) is 13.3 Å². The number of nitrogens with zero attached hydrogens (tertiary/aromatic N) is 2. The van der Waals surface area contributed by atoms with Crippen molar-refractivity contribution in [3.8, 4) is 0 Å². The Bertz CT molecular complexity index is 529. The number of carboxylic acids is 1. The molecule has 2 heterocycles. The molecule has 20 heavy (non-hydrogen) atoms. The standard InChI is InChI=1S/C12H15N3O4S/c1-6(16)9-7-4-8(20-3-2-14-5-13)10(12(18)19)15(7)11(9)17/h5,7,9H,2-4H2,1H3,(H2,13,14)(H,18,19)/t7-,9-/m1/s1. The van der Waals surface area contributed by atoms with E-state index in [0.29, 0.717) is 23.6 Å². The molecule has 0 unspecified atom stereocenters. The molecule has 0 radical (unpaired) electrons. The fourth-order valence-corrected chi connectivity index (χ4v) is 3.60. The molecule has 1 amide bonds. The zero-order valence-corrected chi connectivity index (χ0v) is 11.7. The Hall–Kier alpha value is -1.83. The van der Waals surface area contributed by atoms with Gasteiger partial charge < -0.3 is 15.7 Å². The van der Waals surface area contributed by atoms with Gasteiger partial charge in [0.05, 0.1) is 18.9 Å². The summed E-state index contributed by atoms with van der Waals surface area (Å²) in [5.74, 6) is -1.85. The van der Waals surface area contributed by atoms with Crippen molar-refractivity contribution in [1.82, 2.24) is 4.90 Å². The van der Waals surface area contributed by atoms with Crippen molar-refractivity contribution in [2.45, 2.75) is 19.4 Å². The first-order valence-corrected chi connectivity index (χ1v) is 7.10. The highest BCUT2D eigenvalue weighted by molar-refractivity contribution is 8.03. The van der Waals surface area contributed by atoms with Crippen LogP contribution in [0.2, 0.25) is 0 Å². The topological polar surface area (TPSA) is 113 Å². The molecule has 3 N–H and O–H groups in total. The normalized spacial score (nSPS) is 25.1. The lowest BCUT2D eigenvalue weighted by molar-refractivity contribution is -0.159. The van der Waals surface area contributed by atoms with Crippen molar-refractivity contribution in [3.05, 3.63) is 10.6 Å². The minimum Gasteiger partial charge on any atom is -0.477 e. The first-order valence-electron chi connectivity index (χ1n) is 6.11. The zero-order valence-electron chi connectivity index (χ0n) is 10.9. The van der Waals surface area contributed by atoms with E-state index in [4.69, 9.17) is 5.73 Å². The Balaban J connectivity index is 2.13. The van der Waals surface area contributed by atoms with Gasteiger partial charge in [-0.15, -0.1) is 11.8 Å². The number of carboxylic acid groups (broad SMARTS) is 1. The molecule has 0 spiro atoms. The second-order valence-electron chi connectivity index (χ2n) is 4.55. The van der Waals surface area contributed by atoms with Crippen LogP contribution in [0.5, 0.6) is 0 Å². The predicted octanol–water partition coefficient (Wildman–Crippen LogP) is -0.177. The molecular formula is C12H15N3O4S. The van der Waals surface area contributed by atoms with Gasteiger partial charge in [-0.25, -0.2) is 4.79 Å². The van der Waals surface area contributed by atoms with Gasteiger partial charge in [-0.3, -0.25) is 14.6 Å². The van der Waals surface area contributed by atoms with Crippen LogP contribution >= 0.6 is 11.8 Å². The van der Waals surface area contributed by atoms with E-state index in [1.165, 1.54) is 29.9 Å². The second kappa shape index (κ2) is 5.66. The largest absolute Gasteiger partial charge is 0.477 e. The number of amides is 1. The van der Waals surface area contributed by atoms with E-state index < -0.39 is 17.8 Å². The van der Waals surface area contributed by atoms with Crippen LogP contribution < -0.4 is 5.73 Å². The van der Waals surface area contributed by atoms with E-state index in [1.807, 2.05) is 0 Å². The van der Waals surface area contributed by atoms with Gasteiger partial charge in [0.15, 0.2) is 0 Å². The predicted molar refractivity (Wildman–Crippen MR) is 74.1 cm³/mol. The monoisotopic (exact) mass is 297 g/mol. The van der Waals surface area contributed by atoms with Gasteiger partial charge >= 0.3 is 5.97 Å². The SMILES string of the molecule is CC(=O)[C@H]1C(=O)N2C(C(=O)O)=C(SCCN=CN)C[C@H]12. The summed E-state index contributed by atoms with van der Waals surface area (Å²) in [5.41, 5.74) is 5.14. The number of carbonyl (C=O) groups is 3. The van der Waals surface area contributed by atoms with Crippen molar-refractivity contribution >= 4 is 35.8 Å². The van der Waals surface area contributed by atoms with E-state index in [-0.39, 0.29) is 17.5 Å². The quantitative estimate of drug-likeness (QED) is 0.231. The lowest BCUT2D eigenvalue weighted by Crippen LogP contribution is -2.60. The number of fused-ring (bicyclic) bond motifs is 1. The maximum atomic E-state index is 11.9. The molecule has 0 aromatic carbocycles. The van der Waals surface area contributed by atoms with Crippen LogP contribution in [-0.2, 0) is 14.4 Å². The Labute approximate surface area is 119 Å². The molecule has 8 heteroatoms. The molecule has 2 atom stereocenters. The molecule has 0 aromatic rings. The van der Waals surface area contributed by atoms with Crippen molar-refractivity contribution in [2.24, 2.45) is 16.6 Å². The second-order valence-corrected chi connectivity index (χ2v) is 5.74. The third kappa shape index (κ3) is 2.31. The van der Waals surface area contributed by atoms with E-state index in [1.54, 1.807) is 0 Å². The van der Waals surface area contributed by atoms with Gasteiger partial charge in [-0.1, -0.05) is 0 Å². The lowest BCUT2D eigenvalue weighted by atomic mass is 9.84. The van der Waals surface area contributed by atoms with Crippen LogP contribution in [0.4, 0.5) is 0 Å². The van der Waals surface area contributed by atoms with Gasteiger partial charge in [0, 0.05) is 17.1 Å². The molecule has 7 nitrogen and oxygen atoms in total. The van der Waals surface area contributed by atoms with Gasteiger partial charge in [-0.2, -0.15) is 0 Å². The molecular weight excluding hydrogens is 282 g/mol. The Morgan fingerprint density at radius 3 is 2.85 bits per heavy atom. The summed E-state index contributed by atoms with van der Waals surface area (Å²) in [6, 6.07) is -0.327. The van der Waals surface area contributed by atoms with Crippen LogP contribution in [0.25, 0.3) is 0 Å². The summed E-state index contributed by atoms with van der Waals surface area (Å²) in [6.45, 7) is 1.84. The smallest absolute Gasteiger partial charge is 0.353 e. The molecule has 1 saturated heterocycles. The number of carbonyl (C=O) groups excluding carboxylic acids is 2. The first-order chi connectivity index (χ1) is 9.49. The third-order valence-electron chi connectivity index (χ3n) is 3.36. The number of thioether (sulfide) groups is 1. The lowest BCUT2D eigenvalue weighted by Gasteiger charge is -2.41. The molecule has 0 aliphatic carbocycles. The molecule has 2 rings (SSSR count). The molecule has 0 aromatic heterocycles. The molecule has 1 fully saturated rings. The summed E-state index contributed by atoms with van der Waals surface area (Å²) in [7, 11) is 0. The number of hydrogen-bond donors (Lipinski definition) is 2. The third-order valence-corrected chi connectivity index (χ3v) is 4.46. The highest BCUT2D eigenvalue weighted by Crippen LogP contribution is 2.46. The van der Waals surface area contributed by atoms with E-state index in [0.717, 1.165) is 0 Å². The Morgan fingerprint density at radius 2 is 2.30 bits per heavy atom. The van der Waals surface area contributed by atoms with E-state index in [9.17, 15) is 19.5 Å². The van der Waals surface area contributed by atoms with E-state index >= 15 is 0 Å². The maximum Gasteiger partial charge on any atom is 0.353 e.